The van der Waals surface area contributed by atoms with Gasteiger partial charge in [-0.1, -0.05) is 34.6 Å². The molecule has 0 unspecified atom stereocenters. The van der Waals surface area contributed by atoms with E-state index in [1.165, 1.54) is 6.42 Å². The van der Waals surface area contributed by atoms with Crippen molar-refractivity contribution in [2.75, 3.05) is 6.61 Å². The molecule has 0 spiro atoms. The summed E-state index contributed by atoms with van der Waals surface area (Å²) in [7, 11) is 0. The van der Waals surface area contributed by atoms with Crippen LogP contribution in [0.2, 0.25) is 0 Å². The molecule has 0 aliphatic carbocycles. The van der Waals surface area contributed by atoms with Gasteiger partial charge in [-0.3, -0.25) is 0 Å². The average molecular weight is 172 g/mol. The van der Waals surface area contributed by atoms with Crippen molar-refractivity contribution in [3.8, 4) is 0 Å². The van der Waals surface area contributed by atoms with E-state index in [1.807, 2.05) is 0 Å². The van der Waals surface area contributed by atoms with Gasteiger partial charge < -0.3 is 4.74 Å². The zero-order valence-electron chi connectivity index (χ0n) is 9.48. The van der Waals surface area contributed by atoms with Gasteiger partial charge in [-0.05, 0) is 24.7 Å². The minimum absolute atomic E-state index is 0.336. The second-order valence-corrected chi connectivity index (χ2v) is 4.78. The molecule has 0 heterocycles. The third-order valence-corrected chi connectivity index (χ3v) is 2.63. The Labute approximate surface area is 77.5 Å². The summed E-state index contributed by atoms with van der Waals surface area (Å²) in [5.41, 5.74) is 0.336. The highest BCUT2D eigenvalue weighted by atomic mass is 16.5. The highest BCUT2D eigenvalue weighted by molar-refractivity contribution is 4.66. The molecule has 0 aromatic rings. The number of hydrogen-bond acceptors (Lipinski definition) is 1. The second kappa shape index (κ2) is 4.86. The van der Waals surface area contributed by atoms with Crippen molar-refractivity contribution < 1.29 is 4.74 Å². The lowest BCUT2D eigenvalue weighted by Crippen LogP contribution is -2.24. The first-order chi connectivity index (χ1) is 5.39. The highest BCUT2D eigenvalue weighted by Crippen LogP contribution is 2.21. The van der Waals surface area contributed by atoms with Crippen LogP contribution in [0.4, 0.5) is 0 Å². The van der Waals surface area contributed by atoms with Crippen molar-refractivity contribution in [2.24, 2.45) is 11.3 Å². The Morgan fingerprint density at radius 2 is 1.67 bits per heavy atom. The van der Waals surface area contributed by atoms with Crippen molar-refractivity contribution in [1.29, 1.82) is 0 Å². The fraction of sp³-hybridized carbons (Fsp3) is 1.00. The molecule has 12 heavy (non-hydrogen) atoms. The summed E-state index contributed by atoms with van der Waals surface area (Å²) in [6.07, 6.45) is 1.56. The fourth-order valence-electron chi connectivity index (χ4n) is 0.652. The van der Waals surface area contributed by atoms with Gasteiger partial charge in [0.2, 0.25) is 0 Å². The molecule has 0 aliphatic heterocycles. The maximum absolute atomic E-state index is 5.76. The zero-order chi connectivity index (χ0) is 9.78. The smallest absolute Gasteiger partial charge is 0.0570 e. The van der Waals surface area contributed by atoms with E-state index in [2.05, 4.69) is 41.5 Å². The van der Waals surface area contributed by atoms with E-state index in [0.717, 1.165) is 6.61 Å². The SMILES string of the molecule is CCC(C)(C)CO[C@H](C)C(C)C. The second-order valence-electron chi connectivity index (χ2n) is 4.78. The molecule has 0 aromatic heterocycles. The standard InChI is InChI=1S/C11H24O/c1-7-11(5,6)8-12-10(4)9(2)3/h9-10H,7-8H2,1-6H3/t10-/m1/s1. The molecule has 1 atom stereocenters. The lowest BCUT2D eigenvalue weighted by Gasteiger charge is -2.26. The van der Waals surface area contributed by atoms with Crippen LogP contribution in [-0.4, -0.2) is 12.7 Å². The molecular weight excluding hydrogens is 148 g/mol. The summed E-state index contributed by atoms with van der Waals surface area (Å²) in [4.78, 5) is 0. The third kappa shape index (κ3) is 4.76. The van der Waals surface area contributed by atoms with Crippen LogP contribution in [0, 0.1) is 11.3 Å². The highest BCUT2D eigenvalue weighted by Gasteiger charge is 2.17. The molecule has 1 nitrogen and oxygen atoms in total. The van der Waals surface area contributed by atoms with E-state index in [9.17, 15) is 0 Å². The van der Waals surface area contributed by atoms with Gasteiger partial charge in [0.1, 0.15) is 0 Å². The van der Waals surface area contributed by atoms with Gasteiger partial charge in [-0.25, -0.2) is 0 Å². The van der Waals surface area contributed by atoms with Crippen LogP contribution in [0.15, 0.2) is 0 Å². The fourth-order valence-corrected chi connectivity index (χ4v) is 0.652. The lowest BCUT2D eigenvalue weighted by molar-refractivity contribution is -0.0111. The van der Waals surface area contributed by atoms with Crippen molar-refractivity contribution in [3.63, 3.8) is 0 Å². The summed E-state index contributed by atoms with van der Waals surface area (Å²) in [5.74, 6) is 0.623. The van der Waals surface area contributed by atoms with Crippen molar-refractivity contribution in [2.45, 2.75) is 54.1 Å². The van der Waals surface area contributed by atoms with Crippen molar-refractivity contribution >= 4 is 0 Å². The first kappa shape index (κ1) is 12.0. The molecule has 74 valence electrons. The number of hydrogen-bond donors (Lipinski definition) is 0. The van der Waals surface area contributed by atoms with E-state index in [4.69, 9.17) is 4.74 Å². The summed E-state index contributed by atoms with van der Waals surface area (Å²) in [5, 5.41) is 0. The normalized spacial score (nSPS) is 15.2. The molecule has 0 radical (unpaired) electrons. The summed E-state index contributed by atoms with van der Waals surface area (Å²) in [6, 6.07) is 0. The van der Waals surface area contributed by atoms with Gasteiger partial charge in [0.25, 0.3) is 0 Å². The van der Waals surface area contributed by atoms with Gasteiger partial charge in [0, 0.05) is 0 Å². The van der Waals surface area contributed by atoms with E-state index in [1.54, 1.807) is 0 Å². The Kier molecular flexibility index (Phi) is 4.84. The maximum Gasteiger partial charge on any atom is 0.0570 e. The average Bonchev–Trinajstić information content (AvgIpc) is 2.00. The molecule has 0 saturated carbocycles. The van der Waals surface area contributed by atoms with Crippen LogP contribution in [0.5, 0.6) is 0 Å². The molecule has 0 saturated heterocycles. The van der Waals surface area contributed by atoms with Gasteiger partial charge in [-0.15, -0.1) is 0 Å². The van der Waals surface area contributed by atoms with E-state index < -0.39 is 0 Å². The van der Waals surface area contributed by atoms with Crippen molar-refractivity contribution in [3.05, 3.63) is 0 Å². The van der Waals surface area contributed by atoms with Gasteiger partial charge >= 0.3 is 0 Å². The van der Waals surface area contributed by atoms with Crippen molar-refractivity contribution in [1.82, 2.24) is 0 Å². The molecule has 0 aliphatic rings. The quantitative estimate of drug-likeness (QED) is 0.617. The van der Waals surface area contributed by atoms with Crippen LogP contribution < -0.4 is 0 Å². The molecule has 0 N–H and O–H groups in total. The summed E-state index contributed by atoms with van der Waals surface area (Å²) in [6.45, 7) is 14.1. The van der Waals surface area contributed by atoms with Crippen LogP contribution in [0.3, 0.4) is 0 Å². The third-order valence-electron chi connectivity index (χ3n) is 2.63. The van der Waals surface area contributed by atoms with Gasteiger partial charge in [0.05, 0.1) is 12.7 Å². The Morgan fingerprint density at radius 3 is 2.00 bits per heavy atom. The minimum Gasteiger partial charge on any atom is -0.378 e. The molecule has 0 aromatic carbocycles. The largest absolute Gasteiger partial charge is 0.378 e. The molecular formula is C11H24O. The van der Waals surface area contributed by atoms with Crippen LogP contribution in [-0.2, 0) is 4.74 Å². The number of ether oxygens (including phenoxy) is 1. The monoisotopic (exact) mass is 172 g/mol. The Bertz CT molecular complexity index is 116. The Morgan fingerprint density at radius 1 is 1.17 bits per heavy atom. The van der Waals surface area contributed by atoms with Gasteiger partial charge in [-0.2, -0.15) is 0 Å². The van der Waals surface area contributed by atoms with E-state index >= 15 is 0 Å². The minimum atomic E-state index is 0.336. The Hall–Kier alpha value is -0.0400. The van der Waals surface area contributed by atoms with Crippen LogP contribution >= 0.6 is 0 Å². The molecule has 0 amide bonds. The molecule has 0 bridgehead atoms. The predicted octanol–water partition coefficient (Wildman–Crippen LogP) is 3.48. The van der Waals surface area contributed by atoms with E-state index in [0.29, 0.717) is 17.4 Å². The first-order valence-electron chi connectivity index (χ1n) is 5.00. The Balaban J connectivity index is 3.67. The van der Waals surface area contributed by atoms with Gasteiger partial charge in [0.15, 0.2) is 0 Å². The molecule has 0 rings (SSSR count). The topological polar surface area (TPSA) is 9.23 Å². The first-order valence-corrected chi connectivity index (χ1v) is 5.00. The molecule has 0 fully saturated rings. The predicted molar refractivity (Wildman–Crippen MR) is 54.3 cm³/mol. The van der Waals surface area contributed by atoms with E-state index in [-0.39, 0.29) is 0 Å². The van der Waals surface area contributed by atoms with Crippen LogP contribution in [0.25, 0.3) is 0 Å². The van der Waals surface area contributed by atoms with Crippen LogP contribution in [0.1, 0.15) is 48.0 Å². The lowest BCUT2D eigenvalue weighted by atomic mass is 9.91. The maximum atomic E-state index is 5.76. The number of rotatable bonds is 5. The zero-order valence-corrected chi connectivity index (χ0v) is 9.48. The summed E-state index contributed by atoms with van der Waals surface area (Å²) >= 11 is 0. The summed E-state index contributed by atoms with van der Waals surface area (Å²) < 4.78 is 5.76. The molecule has 1 heteroatoms.